The molecule has 0 aliphatic heterocycles. The van der Waals surface area contributed by atoms with Gasteiger partial charge in [0.1, 0.15) is 17.9 Å². The molecule has 2 aromatic heterocycles. The Kier molecular flexibility index (Phi) is 6.71. The average molecular weight is 479 g/mol. The summed E-state index contributed by atoms with van der Waals surface area (Å²) in [5.74, 6) is -3.09. The van der Waals surface area contributed by atoms with Gasteiger partial charge in [-0.05, 0) is 53.2 Å². The van der Waals surface area contributed by atoms with Crippen molar-refractivity contribution in [3.63, 3.8) is 0 Å². The summed E-state index contributed by atoms with van der Waals surface area (Å²) in [6.07, 6.45) is 1.14. The number of aromatic nitrogens is 5. The number of carbonyl (C=O) groups is 2. The molecule has 0 aliphatic carbocycles. The van der Waals surface area contributed by atoms with Gasteiger partial charge < -0.3 is 15.8 Å². The van der Waals surface area contributed by atoms with Gasteiger partial charge in [0.15, 0.2) is 17.5 Å². The van der Waals surface area contributed by atoms with Gasteiger partial charge in [-0.25, -0.2) is 13.8 Å². The van der Waals surface area contributed by atoms with E-state index in [1.54, 1.807) is 37.3 Å². The minimum atomic E-state index is -1.11. The summed E-state index contributed by atoms with van der Waals surface area (Å²) < 4.78 is 33.9. The lowest BCUT2D eigenvalue weighted by molar-refractivity contribution is -0.145. The number of hydrogen-bond donors (Lipinski definition) is 2. The van der Waals surface area contributed by atoms with Crippen LogP contribution in [0.15, 0.2) is 54.7 Å². The van der Waals surface area contributed by atoms with Crippen molar-refractivity contribution >= 4 is 23.4 Å². The lowest BCUT2D eigenvalue weighted by Gasteiger charge is -2.10. The van der Waals surface area contributed by atoms with Crippen LogP contribution in [0.4, 0.5) is 20.3 Å². The second-order valence-electron chi connectivity index (χ2n) is 7.25. The Labute approximate surface area is 197 Å². The summed E-state index contributed by atoms with van der Waals surface area (Å²) in [6, 6.07) is 12.1. The topological polar surface area (TPSA) is 138 Å². The van der Waals surface area contributed by atoms with Crippen LogP contribution in [0.5, 0.6) is 0 Å². The van der Waals surface area contributed by atoms with E-state index in [0.29, 0.717) is 16.8 Å². The number of tetrazole rings is 1. The highest BCUT2D eigenvalue weighted by Crippen LogP contribution is 2.30. The smallest absolute Gasteiger partial charge is 0.315 e. The van der Waals surface area contributed by atoms with Crippen LogP contribution in [-0.2, 0) is 14.3 Å². The van der Waals surface area contributed by atoms with Crippen molar-refractivity contribution in [3.8, 4) is 28.2 Å². The zero-order chi connectivity index (χ0) is 24.9. The molecule has 0 bridgehead atoms. The average Bonchev–Trinajstić information content (AvgIpc) is 3.31. The molecule has 0 spiro atoms. The fourth-order valence-electron chi connectivity index (χ4n) is 3.28. The number of anilines is 2. The monoisotopic (exact) mass is 479 g/mol. The van der Waals surface area contributed by atoms with Gasteiger partial charge >= 0.3 is 5.97 Å². The molecule has 0 aliphatic rings. The van der Waals surface area contributed by atoms with E-state index in [1.165, 1.54) is 18.3 Å². The molecule has 0 unspecified atom stereocenters. The van der Waals surface area contributed by atoms with E-state index in [1.807, 2.05) is 0 Å². The number of nitrogen functional groups attached to an aromatic ring is 1. The molecule has 0 atom stereocenters. The molecule has 0 saturated heterocycles. The number of pyridine rings is 1. The molecule has 178 valence electrons. The molecule has 1 amide bonds. The van der Waals surface area contributed by atoms with Crippen LogP contribution >= 0.6 is 0 Å². The number of amides is 1. The van der Waals surface area contributed by atoms with E-state index in [2.05, 4.69) is 25.8 Å². The van der Waals surface area contributed by atoms with Crippen molar-refractivity contribution in [2.24, 2.45) is 0 Å². The third-order valence-corrected chi connectivity index (χ3v) is 4.90. The van der Waals surface area contributed by atoms with Crippen molar-refractivity contribution in [2.45, 2.75) is 13.3 Å². The normalized spacial score (nSPS) is 10.7. The fourth-order valence-corrected chi connectivity index (χ4v) is 3.28. The zero-order valence-electron chi connectivity index (χ0n) is 18.4. The van der Waals surface area contributed by atoms with Crippen LogP contribution in [-0.4, -0.2) is 43.7 Å². The lowest BCUT2D eigenvalue weighted by atomic mass is 10.0. The molecule has 4 rings (SSSR count). The van der Waals surface area contributed by atoms with E-state index >= 15 is 0 Å². The standard InChI is InChI=1S/C23H19F2N7O3/c1-2-35-20(34)11-19(33)28-15-8-6-13(7-9-15)14-10-16(22(26)27-12-14)23-29-30-31-32(23)18-5-3-4-17(24)21(18)25/h3-10,12H,2,11H2,1H3,(H2,26,27)(H,28,33). The second-order valence-corrected chi connectivity index (χ2v) is 7.25. The van der Waals surface area contributed by atoms with Crippen molar-refractivity contribution in [2.75, 3.05) is 17.7 Å². The molecule has 2 aromatic carbocycles. The van der Waals surface area contributed by atoms with Gasteiger partial charge in [0, 0.05) is 17.4 Å². The minimum absolute atomic E-state index is 0.0733. The minimum Gasteiger partial charge on any atom is -0.466 e. The maximum Gasteiger partial charge on any atom is 0.315 e. The summed E-state index contributed by atoms with van der Waals surface area (Å²) in [6.45, 7) is 1.86. The van der Waals surface area contributed by atoms with Gasteiger partial charge in [0.05, 0.1) is 12.2 Å². The summed E-state index contributed by atoms with van der Waals surface area (Å²) >= 11 is 0. The van der Waals surface area contributed by atoms with Crippen LogP contribution in [0.3, 0.4) is 0 Å². The molecule has 0 saturated carbocycles. The number of carbonyl (C=O) groups excluding carboxylic acids is 2. The maximum absolute atomic E-state index is 14.3. The molecular formula is C23H19F2N7O3. The lowest BCUT2D eigenvalue weighted by Crippen LogP contribution is -2.18. The molecule has 4 aromatic rings. The van der Waals surface area contributed by atoms with E-state index in [4.69, 9.17) is 10.5 Å². The first-order chi connectivity index (χ1) is 16.9. The highest BCUT2D eigenvalue weighted by molar-refractivity contribution is 6.02. The van der Waals surface area contributed by atoms with Gasteiger partial charge in [-0.15, -0.1) is 5.10 Å². The number of ether oxygens (including phenoxy) is 1. The Balaban J connectivity index is 1.60. The summed E-state index contributed by atoms with van der Waals surface area (Å²) in [4.78, 5) is 27.6. The molecule has 3 N–H and O–H groups in total. The van der Waals surface area contributed by atoms with Crippen LogP contribution < -0.4 is 11.1 Å². The SMILES string of the molecule is CCOC(=O)CC(=O)Nc1ccc(-c2cnc(N)c(-c3nnnn3-c3cccc(F)c3F)c2)cc1. The van der Waals surface area contributed by atoms with E-state index in [-0.39, 0.29) is 30.4 Å². The molecular weight excluding hydrogens is 460 g/mol. The number of benzene rings is 2. The third-order valence-electron chi connectivity index (χ3n) is 4.90. The molecule has 0 radical (unpaired) electrons. The Morgan fingerprint density at radius 2 is 1.89 bits per heavy atom. The van der Waals surface area contributed by atoms with Crippen LogP contribution in [0.2, 0.25) is 0 Å². The first-order valence-corrected chi connectivity index (χ1v) is 10.4. The Morgan fingerprint density at radius 3 is 2.63 bits per heavy atom. The predicted octanol–water partition coefficient (Wildman–Crippen LogP) is 3.14. The Hall–Kier alpha value is -4.74. The van der Waals surface area contributed by atoms with E-state index in [0.717, 1.165) is 16.3 Å². The number of rotatable bonds is 7. The number of hydrogen-bond acceptors (Lipinski definition) is 8. The predicted molar refractivity (Wildman–Crippen MR) is 122 cm³/mol. The Morgan fingerprint density at radius 1 is 1.11 bits per heavy atom. The van der Waals surface area contributed by atoms with Gasteiger partial charge in [0.25, 0.3) is 0 Å². The van der Waals surface area contributed by atoms with Crippen molar-refractivity contribution in [1.82, 2.24) is 25.2 Å². The number of halogens is 2. The third kappa shape index (κ3) is 5.11. The van der Waals surface area contributed by atoms with Crippen LogP contribution in [0.1, 0.15) is 13.3 Å². The summed E-state index contributed by atoms with van der Waals surface area (Å²) in [5.41, 5.74) is 8.00. The largest absolute Gasteiger partial charge is 0.466 e. The molecule has 35 heavy (non-hydrogen) atoms. The van der Waals surface area contributed by atoms with Crippen LogP contribution in [0.25, 0.3) is 28.2 Å². The second kappa shape index (κ2) is 10.0. The summed E-state index contributed by atoms with van der Waals surface area (Å²) in [5, 5.41) is 13.9. The van der Waals surface area contributed by atoms with Crippen molar-refractivity contribution in [1.29, 1.82) is 0 Å². The first kappa shape index (κ1) is 23.4. The highest BCUT2D eigenvalue weighted by atomic mass is 19.2. The highest BCUT2D eigenvalue weighted by Gasteiger charge is 2.19. The molecule has 0 fully saturated rings. The van der Waals surface area contributed by atoms with E-state index < -0.39 is 23.5 Å². The molecule has 10 nitrogen and oxygen atoms in total. The van der Waals surface area contributed by atoms with Crippen molar-refractivity contribution in [3.05, 3.63) is 66.4 Å². The number of nitrogens with zero attached hydrogens (tertiary/aromatic N) is 5. The van der Waals surface area contributed by atoms with Crippen molar-refractivity contribution < 1.29 is 23.1 Å². The molecule has 12 heteroatoms. The fraction of sp³-hybridized carbons (Fsp3) is 0.130. The summed E-state index contributed by atoms with van der Waals surface area (Å²) in [7, 11) is 0. The number of esters is 1. The molecule has 2 heterocycles. The van der Waals surface area contributed by atoms with E-state index in [9.17, 15) is 18.4 Å². The number of nitrogens with two attached hydrogens (primary N) is 1. The number of nitrogens with one attached hydrogen (secondary N) is 1. The van der Waals surface area contributed by atoms with Gasteiger partial charge in [-0.2, -0.15) is 4.68 Å². The Bertz CT molecular complexity index is 1390. The van der Waals surface area contributed by atoms with Crippen LogP contribution in [0, 0.1) is 11.6 Å². The van der Waals surface area contributed by atoms with Gasteiger partial charge in [0.2, 0.25) is 5.91 Å². The first-order valence-electron chi connectivity index (χ1n) is 10.4. The van der Waals surface area contributed by atoms with Gasteiger partial charge in [-0.3, -0.25) is 9.59 Å². The van der Waals surface area contributed by atoms with Gasteiger partial charge in [-0.1, -0.05) is 18.2 Å². The maximum atomic E-state index is 14.3. The zero-order valence-corrected chi connectivity index (χ0v) is 18.4. The quantitative estimate of drug-likeness (QED) is 0.305.